The van der Waals surface area contributed by atoms with Crippen molar-refractivity contribution in [2.24, 2.45) is 0 Å². The predicted molar refractivity (Wildman–Crippen MR) is 176 cm³/mol. The molecule has 234 valence electrons. The molecule has 4 aromatic rings. The quantitative estimate of drug-likeness (QED) is 0.0787. The minimum absolute atomic E-state index is 0.0404. The van der Waals surface area contributed by atoms with E-state index in [0.717, 1.165) is 45.9 Å². The molecule has 45 heavy (non-hydrogen) atoms. The molecular formula is C36H40N4O5. The zero-order chi connectivity index (χ0) is 31.3. The summed E-state index contributed by atoms with van der Waals surface area (Å²) < 4.78 is 16.2. The van der Waals surface area contributed by atoms with Gasteiger partial charge in [-0.15, -0.1) is 0 Å². The van der Waals surface area contributed by atoms with Crippen molar-refractivity contribution in [2.45, 2.75) is 32.1 Å². The number of benzene rings is 3. The highest BCUT2D eigenvalue weighted by molar-refractivity contribution is 6.02. The minimum atomic E-state index is -0.440. The van der Waals surface area contributed by atoms with E-state index >= 15 is 0 Å². The number of nitrogens with zero attached hydrogens (tertiary/aromatic N) is 2. The fourth-order valence-electron chi connectivity index (χ4n) is 5.52. The average molecular weight is 609 g/mol. The molecule has 1 amide bonds. The third kappa shape index (κ3) is 9.17. The van der Waals surface area contributed by atoms with Crippen LogP contribution in [0, 0.1) is 11.3 Å². The van der Waals surface area contributed by atoms with Gasteiger partial charge in [-0.3, -0.25) is 9.59 Å². The third-order valence-corrected chi connectivity index (χ3v) is 7.91. The number of aromatic amines is 1. The number of aromatic nitrogens is 1. The van der Waals surface area contributed by atoms with Crippen molar-refractivity contribution < 1.29 is 23.8 Å². The third-order valence-electron chi connectivity index (χ3n) is 7.91. The lowest BCUT2D eigenvalue weighted by molar-refractivity contribution is -0.145. The zero-order valence-corrected chi connectivity index (χ0v) is 25.6. The van der Waals surface area contributed by atoms with E-state index in [2.05, 4.69) is 33.4 Å². The summed E-state index contributed by atoms with van der Waals surface area (Å²) in [6.07, 6.45) is 8.22. The number of para-hydroxylation sites is 1. The van der Waals surface area contributed by atoms with Crippen LogP contribution in [0.5, 0.6) is 0 Å². The van der Waals surface area contributed by atoms with Gasteiger partial charge in [-0.05, 0) is 77.9 Å². The van der Waals surface area contributed by atoms with Crippen molar-refractivity contribution in [1.29, 1.82) is 5.26 Å². The summed E-state index contributed by atoms with van der Waals surface area (Å²) in [5.74, 6) is -0.700. The molecule has 0 bridgehead atoms. The lowest BCUT2D eigenvalue weighted by atomic mass is 10.0. The molecule has 0 atom stereocenters. The van der Waals surface area contributed by atoms with Crippen LogP contribution in [0.25, 0.3) is 27.8 Å². The minimum Gasteiger partial charge on any atom is -0.463 e. The van der Waals surface area contributed by atoms with E-state index in [4.69, 9.17) is 14.2 Å². The van der Waals surface area contributed by atoms with Gasteiger partial charge in [-0.25, -0.2) is 0 Å². The van der Waals surface area contributed by atoms with Crippen molar-refractivity contribution in [1.82, 2.24) is 10.3 Å². The van der Waals surface area contributed by atoms with Gasteiger partial charge in [0.25, 0.3) is 5.91 Å². The molecule has 2 heterocycles. The van der Waals surface area contributed by atoms with Crippen LogP contribution in [0.3, 0.4) is 0 Å². The number of carbonyl (C=O) groups excluding carboxylic acids is 2. The summed E-state index contributed by atoms with van der Waals surface area (Å²) in [6.45, 7) is 3.88. The van der Waals surface area contributed by atoms with E-state index in [9.17, 15) is 14.9 Å². The number of rotatable bonds is 15. The number of aryl methyl sites for hydroxylation is 1. The van der Waals surface area contributed by atoms with Gasteiger partial charge >= 0.3 is 5.97 Å². The van der Waals surface area contributed by atoms with Gasteiger partial charge in [0.15, 0.2) is 0 Å². The van der Waals surface area contributed by atoms with Gasteiger partial charge in [-0.1, -0.05) is 36.4 Å². The molecule has 1 fully saturated rings. The molecule has 9 heteroatoms. The number of ether oxygens (including phenoxy) is 3. The zero-order valence-electron chi connectivity index (χ0n) is 25.6. The van der Waals surface area contributed by atoms with Gasteiger partial charge < -0.3 is 29.4 Å². The summed E-state index contributed by atoms with van der Waals surface area (Å²) in [5.41, 5.74) is 4.23. The highest BCUT2D eigenvalue weighted by Gasteiger charge is 2.12. The molecule has 2 N–H and O–H groups in total. The van der Waals surface area contributed by atoms with Crippen LogP contribution in [-0.2, 0) is 30.2 Å². The SMILES string of the molecule is N#C/C(=C\c1ccc2cc(N3CCCCC3)ccc2c1)C(=O)NCCOCCOCCOC(=O)CCc1c[nH]c2ccccc12. The van der Waals surface area contributed by atoms with Crippen LogP contribution in [0.15, 0.2) is 72.4 Å². The molecule has 0 aliphatic carbocycles. The monoisotopic (exact) mass is 608 g/mol. The second-order valence-electron chi connectivity index (χ2n) is 11.1. The number of nitrogens with one attached hydrogen (secondary N) is 2. The van der Waals surface area contributed by atoms with Crippen molar-refractivity contribution >= 4 is 45.3 Å². The molecule has 0 radical (unpaired) electrons. The molecule has 9 nitrogen and oxygen atoms in total. The number of carbonyl (C=O) groups is 2. The lowest BCUT2D eigenvalue weighted by Crippen LogP contribution is -2.29. The van der Waals surface area contributed by atoms with E-state index in [0.29, 0.717) is 26.1 Å². The smallest absolute Gasteiger partial charge is 0.306 e. The van der Waals surface area contributed by atoms with Crippen molar-refractivity contribution in [3.8, 4) is 6.07 Å². The fraction of sp³-hybridized carbons (Fsp3) is 0.361. The number of nitriles is 1. The molecule has 1 aliphatic rings. The number of H-pyrrole nitrogens is 1. The molecule has 1 saturated heterocycles. The summed E-state index contributed by atoms with van der Waals surface area (Å²) >= 11 is 0. The maximum Gasteiger partial charge on any atom is 0.306 e. The van der Waals surface area contributed by atoms with Gasteiger partial charge in [0, 0.05) is 48.8 Å². The van der Waals surface area contributed by atoms with E-state index in [-0.39, 0.29) is 37.9 Å². The van der Waals surface area contributed by atoms with Gasteiger partial charge in [-0.2, -0.15) is 5.26 Å². The Bertz CT molecular complexity index is 1670. The Balaban J connectivity index is 0.934. The number of amides is 1. The van der Waals surface area contributed by atoms with Gasteiger partial charge in [0.2, 0.25) is 0 Å². The Labute approximate surface area is 263 Å². The maximum absolute atomic E-state index is 12.6. The van der Waals surface area contributed by atoms with Crippen molar-refractivity contribution in [3.05, 3.63) is 83.6 Å². The van der Waals surface area contributed by atoms with E-state index in [1.807, 2.05) is 54.7 Å². The number of esters is 1. The average Bonchev–Trinajstić information content (AvgIpc) is 3.50. The second-order valence-corrected chi connectivity index (χ2v) is 11.1. The Morgan fingerprint density at radius 2 is 1.67 bits per heavy atom. The summed E-state index contributed by atoms with van der Waals surface area (Å²) in [7, 11) is 0. The number of anilines is 1. The highest BCUT2D eigenvalue weighted by Crippen LogP contribution is 2.26. The van der Waals surface area contributed by atoms with Crippen molar-refractivity contribution in [3.63, 3.8) is 0 Å². The molecule has 1 aromatic heterocycles. The molecule has 5 rings (SSSR count). The Morgan fingerprint density at radius 3 is 2.51 bits per heavy atom. The van der Waals surface area contributed by atoms with Crippen molar-refractivity contribution in [2.75, 3.05) is 57.6 Å². The Kier molecular flexibility index (Phi) is 11.6. The van der Waals surface area contributed by atoms with Crippen LogP contribution in [0.1, 0.15) is 36.8 Å². The van der Waals surface area contributed by atoms with Gasteiger partial charge in [0.05, 0.1) is 26.4 Å². The Hall–Kier alpha value is -4.65. The fourth-order valence-corrected chi connectivity index (χ4v) is 5.52. The predicted octanol–water partition coefficient (Wildman–Crippen LogP) is 5.54. The largest absolute Gasteiger partial charge is 0.463 e. The highest BCUT2D eigenvalue weighted by atomic mass is 16.6. The van der Waals surface area contributed by atoms with Crippen LogP contribution in [0.4, 0.5) is 5.69 Å². The Morgan fingerprint density at radius 1 is 0.911 bits per heavy atom. The first-order valence-electron chi connectivity index (χ1n) is 15.7. The summed E-state index contributed by atoms with van der Waals surface area (Å²) in [6, 6.07) is 22.4. The molecule has 0 saturated carbocycles. The van der Waals surface area contributed by atoms with E-state index in [1.54, 1.807) is 6.08 Å². The second kappa shape index (κ2) is 16.4. The van der Waals surface area contributed by atoms with Crippen LogP contribution < -0.4 is 10.2 Å². The number of hydrogen-bond donors (Lipinski definition) is 2. The molecule has 1 aliphatic heterocycles. The summed E-state index contributed by atoms with van der Waals surface area (Å²) in [5, 5.41) is 15.6. The van der Waals surface area contributed by atoms with Crippen LogP contribution in [-0.4, -0.2) is 69.5 Å². The molecular weight excluding hydrogens is 568 g/mol. The van der Waals surface area contributed by atoms with E-state index in [1.165, 1.54) is 24.9 Å². The first-order chi connectivity index (χ1) is 22.1. The maximum atomic E-state index is 12.6. The standard InChI is InChI=1S/C36H40N4O5/c37-25-31(23-27-8-9-29-24-32(12-10-28(29)22-27)40-15-4-1-5-16-40)36(42)38-14-17-43-18-19-44-20-21-45-35(41)13-11-30-26-39-34-7-3-2-6-33(30)34/h2-3,6-10,12,22-24,26,39H,1,4-5,11,13-21H2,(H,38,42)/b31-23+. The molecule has 0 unspecified atom stereocenters. The number of fused-ring (bicyclic) bond motifs is 2. The molecule has 0 spiro atoms. The lowest BCUT2D eigenvalue weighted by Gasteiger charge is -2.29. The first kappa shape index (κ1) is 31.8. The van der Waals surface area contributed by atoms with E-state index < -0.39 is 5.91 Å². The van der Waals surface area contributed by atoms with Gasteiger partial charge in [0.1, 0.15) is 18.2 Å². The topological polar surface area (TPSA) is 117 Å². The normalized spacial score (nSPS) is 13.6. The van der Waals surface area contributed by atoms with Crippen LogP contribution >= 0.6 is 0 Å². The summed E-state index contributed by atoms with van der Waals surface area (Å²) in [4.78, 5) is 30.3. The number of piperidine rings is 1. The number of hydrogen-bond acceptors (Lipinski definition) is 7. The molecule has 3 aromatic carbocycles. The first-order valence-corrected chi connectivity index (χ1v) is 15.7. The van der Waals surface area contributed by atoms with Crippen LogP contribution in [0.2, 0.25) is 0 Å².